The number of fused-ring (bicyclic) bond motifs is 1. The maximum atomic E-state index is 12.1. The second-order valence-electron chi connectivity index (χ2n) is 5.26. The predicted molar refractivity (Wildman–Crippen MR) is 89.7 cm³/mol. The highest BCUT2D eigenvalue weighted by Gasteiger charge is 2.23. The van der Waals surface area contributed by atoms with Crippen LogP contribution in [0.2, 0.25) is 0 Å². The average molecular weight is 369 g/mol. The lowest BCUT2D eigenvalue weighted by Crippen LogP contribution is -2.50. The number of nitrogens with two attached hydrogens (primary N) is 1. The summed E-state index contributed by atoms with van der Waals surface area (Å²) in [4.78, 5) is 16.5. The Kier molecular flexibility index (Phi) is 4.42. The third-order valence-corrected chi connectivity index (χ3v) is 5.30. The van der Waals surface area contributed by atoms with Crippen LogP contribution in [0.15, 0.2) is 22.7 Å². The van der Waals surface area contributed by atoms with Gasteiger partial charge in [-0.3, -0.25) is 5.32 Å². The van der Waals surface area contributed by atoms with E-state index in [0.29, 0.717) is 5.13 Å². The first-order chi connectivity index (χ1) is 10.1. The minimum atomic E-state index is -0.229. The van der Waals surface area contributed by atoms with Gasteiger partial charge in [0.1, 0.15) is 0 Å². The SMILES string of the molecule is N[C@@H]1CCCC[C@H]1NC(=O)Nc1nc2c(Br)cccc2s1. The Balaban J connectivity index is 1.67. The van der Waals surface area contributed by atoms with Crippen LogP contribution in [0.3, 0.4) is 0 Å². The molecule has 21 heavy (non-hydrogen) atoms. The highest BCUT2D eigenvalue weighted by atomic mass is 79.9. The summed E-state index contributed by atoms with van der Waals surface area (Å²) in [6.07, 6.45) is 4.18. The Morgan fingerprint density at radius 3 is 2.95 bits per heavy atom. The summed E-state index contributed by atoms with van der Waals surface area (Å²) in [6.45, 7) is 0. The smallest absolute Gasteiger partial charge is 0.321 e. The molecule has 0 radical (unpaired) electrons. The van der Waals surface area contributed by atoms with E-state index in [-0.39, 0.29) is 18.1 Å². The lowest BCUT2D eigenvalue weighted by Gasteiger charge is -2.29. The Hall–Kier alpha value is -1.18. The van der Waals surface area contributed by atoms with E-state index in [4.69, 9.17) is 5.73 Å². The number of carbonyl (C=O) groups excluding carboxylic acids is 1. The molecule has 0 bridgehead atoms. The summed E-state index contributed by atoms with van der Waals surface area (Å²) in [5.74, 6) is 0. The van der Waals surface area contributed by atoms with Crippen LogP contribution in [0, 0.1) is 0 Å². The molecule has 7 heteroatoms. The van der Waals surface area contributed by atoms with Gasteiger partial charge < -0.3 is 11.1 Å². The molecule has 2 amide bonds. The normalized spacial score (nSPS) is 22.2. The van der Waals surface area contributed by atoms with Crippen LogP contribution in [0.5, 0.6) is 0 Å². The van der Waals surface area contributed by atoms with E-state index in [2.05, 4.69) is 31.5 Å². The Labute approximate surface area is 135 Å². The van der Waals surface area contributed by atoms with Gasteiger partial charge in [-0.2, -0.15) is 0 Å². The molecule has 1 aromatic carbocycles. The number of thiazole rings is 1. The second kappa shape index (κ2) is 6.29. The Morgan fingerprint density at radius 2 is 2.19 bits per heavy atom. The zero-order valence-electron chi connectivity index (χ0n) is 11.4. The molecule has 0 spiro atoms. The summed E-state index contributed by atoms with van der Waals surface area (Å²) >= 11 is 4.92. The standard InChI is InChI=1S/C14H17BrN4OS/c15-8-4-3-7-11-12(8)18-14(21-11)19-13(20)17-10-6-2-1-5-9(10)16/h3-4,7,9-10H,1-2,5-6,16H2,(H2,17,18,19,20)/t9-,10-/m1/s1. The summed E-state index contributed by atoms with van der Waals surface area (Å²) < 4.78 is 1.97. The van der Waals surface area contributed by atoms with E-state index >= 15 is 0 Å². The van der Waals surface area contributed by atoms with Crippen molar-refractivity contribution >= 4 is 48.6 Å². The van der Waals surface area contributed by atoms with Crippen LogP contribution in [-0.4, -0.2) is 23.1 Å². The summed E-state index contributed by atoms with van der Waals surface area (Å²) in [5, 5.41) is 6.36. The van der Waals surface area contributed by atoms with Crippen molar-refractivity contribution in [1.82, 2.24) is 10.3 Å². The van der Waals surface area contributed by atoms with Crippen molar-refractivity contribution in [2.45, 2.75) is 37.8 Å². The zero-order chi connectivity index (χ0) is 14.8. The number of halogens is 1. The van der Waals surface area contributed by atoms with Gasteiger partial charge in [-0.05, 0) is 40.9 Å². The molecule has 1 aliphatic carbocycles. The van der Waals surface area contributed by atoms with E-state index in [1.807, 2.05) is 18.2 Å². The van der Waals surface area contributed by atoms with Crippen molar-refractivity contribution < 1.29 is 4.79 Å². The van der Waals surface area contributed by atoms with Crippen LogP contribution in [0.1, 0.15) is 25.7 Å². The molecule has 2 aromatic rings. The van der Waals surface area contributed by atoms with E-state index in [1.165, 1.54) is 11.3 Å². The molecule has 1 heterocycles. The molecule has 2 atom stereocenters. The number of hydrogen-bond donors (Lipinski definition) is 3. The lowest BCUT2D eigenvalue weighted by atomic mass is 9.91. The molecule has 1 aromatic heterocycles. The Morgan fingerprint density at radius 1 is 1.38 bits per heavy atom. The predicted octanol–water partition coefficient (Wildman–Crippen LogP) is 3.45. The molecular weight excluding hydrogens is 352 g/mol. The molecule has 1 saturated carbocycles. The van der Waals surface area contributed by atoms with Gasteiger partial charge in [0.15, 0.2) is 5.13 Å². The van der Waals surface area contributed by atoms with Crippen LogP contribution in [0.25, 0.3) is 10.2 Å². The van der Waals surface area contributed by atoms with Crippen molar-refractivity contribution in [2.24, 2.45) is 5.73 Å². The van der Waals surface area contributed by atoms with Gasteiger partial charge in [-0.1, -0.05) is 30.2 Å². The number of rotatable bonds is 2. The number of carbonyl (C=O) groups is 1. The quantitative estimate of drug-likeness (QED) is 0.759. The van der Waals surface area contributed by atoms with E-state index in [0.717, 1.165) is 40.4 Å². The highest BCUT2D eigenvalue weighted by molar-refractivity contribution is 9.10. The summed E-state index contributed by atoms with van der Waals surface area (Å²) in [5.41, 5.74) is 6.91. The molecule has 5 nitrogen and oxygen atoms in total. The fraction of sp³-hybridized carbons (Fsp3) is 0.429. The van der Waals surface area contributed by atoms with Crippen LogP contribution < -0.4 is 16.4 Å². The maximum absolute atomic E-state index is 12.1. The minimum absolute atomic E-state index is 0.0500. The lowest BCUT2D eigenvalue weighted by molar-refractivity contribution is 0.240. The molecule has 1 aliphatic rings. The molecule has 1 fully saturated rings. The summed E-state index contributed by atoms with van der Waals surface area (Å²) in [7, 11) is 0. The first kappa shape index (κ1) is 14.7. The van der Waals surface area contributed by atoms with Crippen molar-refractivity contribution in [1.29, 1.82) is 0 Å². The number of nitrogens with zero attached hydrogens (tertiary/aromatic N) is 1. The highest BCUT2D eigenvalue weighted by Crippen LogP contribution is 2.30. The van der Waals surface area contributed by atoms with Gasteiger partial charge in [-0.15, -0.1) is 0 Å². The second-order valence-corrected chi connectivity index (χ2v) is 7.14. The first-order valence-electron chi connectivity index (χ1n) is 7.01. The van der Waals surface area contributed by atoms with Crippen LogP contribution in [0.4, 0.5) is 9.93 Å². The van der Waals surface area contributed by atoms with E-state index < -0.39 is 0 Å². The largest absolute Gasteiger partial charge is 0.334 e. The number of nitrogens with one attached hydrogen (secondary N) is 2. The summed E-state index contributed by atoms with van der Waals surface area (Å²) in [6, 6.07) is 5.75. The average Bonchev–Trinajstić information content (AvgIpc) is 2.85. The van der Waals surface area contributed by atoms with Crippen LogP contribution in [-0.2, 0) is 0 Å². The number of hydrogen-bond acceptors (Lipinski definition) is 4. The maximum Gasteiger partial charge on any atom is 0.321 e. The number of benzene rings is 1. The van der Waals surface area contributed by atoms with Gasteiger partial charge in [0, 0.05) is 16.6 Å². The van der Waals surface area contributed by atoms with Crippen molar-refractivity contribution in [3.05, 3.63) is 22.7 Å². The fourth-order valence-electron chi connectivity index (χ4n) is 2.61. The van der Waals surface area contributed by atoms with Gasteiger partial charge in [0.25, 0.3) is 0 Å². The minimum Gasteiger partial charge on any atom is -0.334 e. The zero-order valence-corrected chi connectivity index (χ0v) is 13.8. The van der Waals surface area contributed by atoms with Crippen molar-refractivity contribution in [3.63, 3.8) is 0 Å². The van der Waals surface area contributed by atoms with Crippen LogP contribution >= 0.6 is 27.3 Å². The van der Waals surface area contributed by atoms with Gasteiger partial charge >= 0.3 is 6.03 Å². The molecule has 3 rings (SSSR count). The first-order valence-corrected chi connectivity index (χ1v) is 8.62. The topological polar surface area (TPSA) is 80.0 Å². The third kappa shape index (κ3) is 3.36. The molecule has 0 saturated heterocycles. The monoisotopic (exact) mass is 368 g/mol. The van der Waals surface area contributed by atoms with Gasteiger partial charge in [-0.25, -0.2) is 9.78 Å². The molecule has 0 unspecified atom stereocenters. The molecule has 0 aliphatic heterocycles. The number of para-hydroxylation sites is 1. The number of aromatic nitrogens is 1. The Bertz CT molecular complexity index is 659. The third-order valence-electron chi connectivity index (χ3n) is 3.73. The fourth-order valence-corrected chi connectivity index (χ4v) is 4.08. The molecular formula is C14H17BrN4OS. The van der Waals surface area contributed by atoms with Gasteiger partial charge in [0.2, 0.25) is 0 Å². The molecule has 112 valence electrons. The van der Waals surface area contributed by atoms with Crippen molar-refractivity contribution in [3.8, 4) is 0 Å². The number of urea groups is 1. The van der Waals surface area contributed by atoms with Crippen molar-refractivity contribution in [2.75, 3.05) is 5.32 Å². The molecule has 4 N–H and O–H groups in total. The van der Waals surface area contributed by atoms with E-state index in [9.17, 15) is 4.79 Å². The van der Waals surface area contributed by atoms with E-state index in [1.54, 1.807) is 0 Å². The number of amides is 2. The van der Waals surface area contributed by atoms with Gasteiger partial charge in [0.05, 0.1) is 10.2 Å². The number of anilines is 1.